The fourth-order valence-corrected chi connectivity index (χ4v) is 3.77. The number of hydrogen-bond donors (Lipinski definition) is 1. The monoisotopic (exact) mass is 367 g/mol. The molecule has 27 heavy (non-hydrogen) atoms. The maximum atomic E-state index is 12.6. The third-order valence-electron chi connectivity index (χ3n) is 5.57. The molecule has 1 aromatic carbocycles. The molecule has 7 heteroatoms. The Morgan fingerprint density at radius 2 is 2.07 bits per heavy atom. The molecular formula is C20H25N5O2. The van der Waals surface area contributed by atoms with E-state index in [0.717, 1.165) is 42.9 Å². The van der Waals surface area contributed by atoms with Gasteiger partial charge in [-0.05, 0) is 44.6 Å². The molecule has 1 aromatic heterocycles. The number of likely N-dealkylation sites (tertiary alicyclic amines) is 1. The molecule has 2 aliphatic rings. The van der Waals surface area contributed by atoms with Crippen molar-refractivity contribution in [2.75, 3.05) is 44.5 Å². The molecule has 1 N–H and O–H groups in total. The van der Waals surface area contributed by atoms with Gasteiger partial charge in [0.25, 0.3) is 5.91 Å². The van der Waals surface area contributed by atoms with E-state index in [2.05, 4.69) is 27.1 Å². The molecule has 0 atom stereocenters. The number of piperidine rings is 1. The van der Waals surface area contributed by atoms with Crippen LogP contribution in [0.2, 0.25) is 0 Å². The van der Waals surface area contributed by atoms with Gasteiger partial charge in [-0.25, -0.2) is 9.97 Å². The van der Waals surface area contributed by atoms with Crippen LogP contribution in [0.15, 0.2) is 24.4 Å². The third-order valence-corrected chi connectivity index (χ3v) is 5.57. The quantitative estimate of drug-likeness (QED) is 0.897. The van der Waals surface area contributed by atoms with Gasteiger partial charge in [0.05, 0.1) is 18.4 Å². The summed E-state index contributed by atoms with van der Waals surface area (Å²) in [6, 6.07) is 6.16. The van der Waals surface area contributed by atoms with Gasteiger partial charge in [0.15, 0.2) is 0 Å². The average molecular weight is 367 g/mol. The Kier molecular flexibility index (Phi) is 4.70. The summed E-state index contributed by atoms with van der Waals surface area (Å²) in [6.45, 7) is 2.16. The number of aromatic nitrogens is 2. The summed E-state index contributed by atoms with van der Waals surface area (Å²) < 4.78 is 5.27. The van der Waals surface area contributed by atoms with Gasteiger partial charge in [0.2, 0.25) is 5.95 Å². The molecule has 0 radical (unpaired) electrons. The van der Waals surface area contributed by atoms with Crippen LogP contribution in [0, 0.1) is 0 Å². The second-order valence-electron chi connectivity index (χ2n) is 7.33. The molecule has 0 saturated carbocycles. The number of fused-ring (bicyclic) bond motifs is 2. The maximum Gasteiger partial charge on any atom is 0.259 e. The average Bonchev–Trinajstić information content (AvgIpc) is 2.82. The Bertz CT molecular complexity index is 861. The zero-order valence-corrected chi connectivity index (χ0v) is 16.0. The zero-order chi connectivity index (χ0) is 19.0. The van der Waals surface area contributed by atoms with Crippen molar-refractivity contribution in [2.24, 2.45) is 0 Å². The minimum atomic E-state index is -0.175. The number of ether oxygens (including phenoxy) is 1. The molecular weight excluding hydrogens is 342 g/mol. The van der Waals surface area contributed by atoms with Crippen molar-refractivity contribution in [3.63, 3.8) is 0 Å². The Morgan fingerprint density at radius 1 is 1.30 bits per heavy atom. The van der Waals surface area contributed by atoms with Crippen LogP contribution in [-0.2, 0) is 6.42 Å². The molecule has 142 valence electrons. The van der Waals surface area contributed by atoms with Gasteiger partial charge in [-0.15, -0.1) is 0 Å². The van der Waals surface area contributed by atoms with Crippen LogP contribution in [0.25, 0.3) is 0 Å². The summed E-state index contributed by atoms with van der Waals surface area (Å²) in [5, 5.41) is 2.95. The highest BCUT2D eigenvalue weighted by Gasteiger charge is 2.26. The SMILES string of the molecule is COc1ccc2c(c1)NC(=O)c1cnc(N(C)C3CCN(C)CC3)nc1C2. The highest BCUT2D eigenvalue weighted by atomic mass is 16.5. The standard InChI is InChI=1S/C20H25N5O2/c1-24-8-6-14(7-9-24)25(2)20-21-12-16-18(23-20)10-13-4-5-15(27-3)11-17(13)22-19(16)26/h4-5,11-12,14H,6-10H2,1-3H3,(H,22,26). The van der Waals surface area contributed by atoms with Crippen LogP contribution in [0.5, 0.6) is 5.75 Å². The smallest absolute Gasteiger partial charge is 0.259 e. The van der Waals surface area contributed by atoms with Gasteiger partial charge in [0, 0.05) is 37.5 Å². The summed E-state index contributed by atoms with van der Waals surface area (Å²) in [7, 11) is 5.82. The molecule has 1 amide bonds. The lowest BCUT2D eigenvalue weighted by molar-refractivity contribution is 0.102. The van der Waals surface area contributed by atoms with Gasteiger partial charge in [-0.1, -0.05) is 6.07 Å². The number of amides is 1. The summed E-state index contributed by atoms with van der Waals surface area (Å²) in [6.07, 6.45) is 4.43. The number of carbonyl (C=O) groups is 1. The van der Waals surface area contributed by atoms with Crippen LogP contribution in [-0.4, -0.2) is 61.1 Å². The summed E-state index contributed by atoms with van der Waals surface area (Å²) in [4.78, 5) is 26.4. The minimum Gasteiger partial charge on any atom is -0.497 e. The topological polar surface area (TPSA) is 70.6 Å². The predicted molar refractivity (Wildman–Crippen MR) is 105 cm³/mol. The number of nitrogens with one attached hydrogen (secondary N) is 1. The first-order valence-corrected chi connectivity index (χ1v) is 9.30. The Balaban J connectivity index is 1.63. The largest absolute Gasteiger partial charge is 0.497 e. The second-order valence-corrected chi connectivity index (χ2v) is 7.33. The number of hydrogen-bond acceptors (Lipinski definition) is 6. The summed E-state index contributed by atoms with van der Waals surface area (Å²) >= 11 is 0. The van der Waals surface area contributed by atoms with Crippen LogP contribution in [0.4, 0.5) is 11.6 Å². The van der Waals surface area contributed by atoms with Crippen molar-refractivity contribution in [2.45, 2.75) is 25.3 Å². The normalized spacial score (nSPS) is 17.5. The molecule has 3 heterocycles. The number of nitrogens with zero attached hydrogens (tertiary/aromatic N) is 4. The van der Waals surface area contributed by atoms with E-state index in [1.165, 1.54) is 0 Å². The molecule has 4 rings (SSSR count). The van der Waals surface area contributed by atoms with Crippen LogP contribution >= 0.6 is 0 Å². The van der Waals surface area contributed by atoms with Crippen molar-refractivity contribution >= 4 is 17.5 Å². The lowest BCUT2D eigenvalue weighted by Gasteiger charge is -2.35. The zero-order valence-electron chi connectivity index (χ0n) is 16.0. The lowest BCUT2D eigenvalue weighted by atomic mass is 10.0. The van der Waals surface area contributed by atoms with Gasteiger partial charge in [-0.2, -0.15) is 0 Å². The first-order chi connectivity index (χ1) is 13.0. The summed E-state index contributed by atoms with van der Waals surface area (Å²) in [5.74, 6) is 1.23. The Morgan fingerprint density at radius 3 is 2.81 bits per heavy atom. The van der Waals surface area contributed by atoms with Crippen molar-refractivity contribution in [3.05, 3.63) is 41.2 Å². The molecule has 2 aliphatic heterocycles. The van der Waals surface area contributed by atoms with E-state index in [1.54, 1.807) is 13.3 Å². The van der Waals surface area contributed by atoms with Crippen LogP contribution in [0.3, 0.4) is 0 Å². The van der Waals surface area contributed by atoms with Crippen molar-refractivity contribution in [3.8, 4) is 5.75 Å². The van der Waals surface area contributed by atoms with E-state index in [0.29, 0.717) is 29.7 Å². The van der Waals surface area contributed by atoms with Gasteiger partial charge in [0.1, 0.15) is 5.75 Å². The van der Waals surface area contributed by atoms with Crippen LogP contribution in [0.1, 0.15) is 34.5 Å². The second kappa shape index (κ2) is 7.15. The molecule has 0 unspecified atom stereocenters. The van der Waals surface area contributed by atoms with Crippen molar-refractivity contribution in [1.29, 1.82) is 0 Å². The fraction of sp³-hybridized carbons (Fsp3) is 0.450. The number of carbonyl (C=O) groups excluding carboxylic acids is 1. The predicted octanol–water partition coefficient (Wildman–Crippen LogP) is 2.17. The molecule has 1 fully saturated rings. The van der Waals surface area contributed by atoms with Crippen molar-refractivity contribution in [1.82, 2.24) is 14.9 Å². The van der Waals surface area contributed by atoms with Gasteiger partial charge < -0.3 is 19.9 Å². The van der Waals surface area contributed by atoms with Gasteiger partial charge in [-0.3, -0.25) is 4.79 Å². The van der Waals surface area contributed by atoms with E-state index in [9.17, 15) is 4.79 Å². The molecule has 7 nitrogen and oxygen atoms in total. The molecule has 0 bridgehead atoms. The highest BCUT2D eigenvalue weighted by molar-refractivity contribution is 6.06. The Hall–Kier alpha value is -2.67. The van der Waals surface area contributed by atoms with E-state index in [-0.39, 0.29) is 5.91 Å². The Labute approximate surface area is 159 Å². The molecule has 0 aliphatic carbocycles. The van der Waals surface area contributed by atoms with E-state index in [4.69, 9.17) is 9.72 Å². The van der Waals surface area contributed by atoms with Crippen LogP contribution < -0.4 is 15.0 Å². The minimum absolute atomic E-state index is 0.175. The number of methoxy groups -OCH3 is 1. The third kappa shape index (κ3) is 3.47. The van der Waals surface area contributed by atoms with Crippen molar-refractivity contribution < 1.29 is 9.53 Å². The first kappa shape index (κ1) is 17.7. The first-order valence-electron chi connectivity index (χ1n) is 9.30. The number of anilines is 2. The van der Waals surface area contributed by atoms with Gasteiger partial charge >= 0.3 is 0 Å². The molecule has 0 spiro atoms. The molecule has 2 aromatic rings. The van der Waals surface area contributed by atoms with E-state index in [1.807, 2.05) is 25.2 Å². The number of benzene rings is 1. The number of rotatable bonds is 3. The van der Waals surface area contributed by atoms with E-state index >= 15 is 0 Å². The van der Waals surface area contributed by atoms with E-state index < -0.39 is 0 Å². The highest BCUT2D eigenvalue weighted by Crippen LogP contribution is 2.29. The molecule has 1 saturated heterocycles. The maximum absolute atomic E-state index is 12.6. The summed E-state index contributed by atoms with van der Waals surface area (Å²) in [5.41, 5.74) is 3.09. The fourth-order valence-electron chi connectivity index (χ4n) is 3.77. The lowest BCUT2D eigenvalue weighted by Crippen LogP contribution is -2.42.